The number of amides is 2. The quantitative estimate of drug-likeness (QED) is 0.780. The maximum atomic E-state index is 12.4. The Morgan fingerprint density at radius 2 is 1.76 bits per heavy atom. The molecule has 0 saturated heterocycles. The topological polar surface area (TPSA) is 71.1 Å². The molecular formula is C18H19Cl2N3O2. The maximum absolute atomic E-state index is 12.4. The molecule has 2 aromatic rings. The van der Waals surface area contributed by atoms with Gasteiger partial charge in [-0.15, -0.1) is 0 Å². The summed E-state index contributed by atoms with van der Waals surface area (Å²) >= 11 is 11.8. The SMILES string of the molecule is CC(C)CCNC(=O)c1cc(C(=O)Nc2cc(Cl)cc(Cl)c2)ccn1. The van der Waals surface area contributed by atoms with Crippen LogP contribution in [0.25, 0.3) is 0 Å². The summed E-state index contributed by atoms with van der Waals surface area (Å²) in [5.74, 6) is -0.187. The molecule has 7 heteroatoms. The Labute approximate surface area is 156 Å². The Kier molecular flexibility index (Phi) is 6.79. The van der Waals surface area contributed by atoms with E-state index in [1.807, 2.05) is 0 Å². The normalized spacial score (nSPS) is 10.6. The summed E-state index contributed by atoms with van der Waals surface area (Å²) < 4.78 is 0. The number of rotatable bonds is 6. The van der Waals surface area contributed by atoms with Crippen LogP contribution in [0.4, 0.5) is 5.69 Å². The summed E-state index contributed by atoms with van der Waals surface area (Å²) in [7, 11) is 0. The molecule has 0 fully saturated rings. The molecule has 1 heterocycles. The van der Waals surface area contributed by atoms with Crippen molar-refractivity contribution in [2.75, 3.05) is 11.9 Å². The molecule has 2 amide bonds. The standard InChI is InChI=1S/C18H19Cl2N3O2/c1-11(2)3-5-22-18(25)16-7-12(4-6-21-16)17(24)23-15-9-13(19)8-14(20)10-15/h4,6-11H,3,5H2,1-2H3,(H,22,25)(H,23,24). The Bertz CT molecular complexity index is 758. The zero-order valence-electron chi connectivity index (χ0n) is 14.0. The number of nitrogens with one attached hydrogen (secondary N) is 2. The van der Waals surface area contributed by atoms with E-state index < -0.39 is 0 Å². The van der Waals surface area contributed by atoms with Crippen LogP contribution in [0.1, 0.15) is 41.1 Å². The molecule has 0 spiro atoms. The van der Waals surface area contributed by atoms with Crippen molar-refractivity contribution < 1.29 is 9.59 Å². The summed E-state index contributed by atoms with van der Waals surface area (Å²) in [6, 6.07) is 7.74. The van der Waals surface area contributed by atoms with Gasteiger partial charge in [0.15, 0.2) is 0 Å². The number of halogens is 2. The molecule has 0 unspecified atom stereocenters. The number of carbonyl (C=O) groups excluding carboxylic acids is 2. The lowest BCUT2D eigenvalue weighted by atomic mass is 10.1. The maximum Gasteiger partial charge on any atom is 0.269 e. The van der Waals surface area contributed by atoms with Crippen molar-refractivity contribution in [3.63, 3.8) is 0 Å². The number of hydrogen-bond acceptors (Lipinski definition) is 3. The third kappa shape index (κ3) is 6.03. The third-order valence-corrected chi connectivity index (χ3v) is 3.82. The predicted molar refractivity (Wildman–Crippen MR) is 100 cm³/mol. The summed E-state index contributed by atoms with van der Waals surface area (Å²) in [6.07, 6.45) is 2.30. The van der Waals surface area contributed by atoms with E-state index in [0.29, 0.717) is 33.8 Å². The number of nitrogens with zero attached hydrogens (tertiary/aromatic N) is 1. The van der Waals surface area contributed by atoms with E-state index in [-0.39, 0.29) is 17.5 Å². The third-order valence-electron chi connectivity index (χ3n) is 3.38. The minimum atomic E-state index is -0.378. The Morgan fingerprint density at radius 1 is 1.08 bits per heavy atom. The first-order chi connectivity index (χ1) is 11.8. The molecule has 132 valence electrons. The van der Waals surface area contributed by atoms with Gasteiger partial charge in [0.1, 0.15) is 5.69 Å². The Morgan fingerprint density at radius 3 is 2.40 bits per heavy atom. The van der Waals surface area contributed by atoms with Crippen LogP contribution in [0, 0.1) is 5.92 Å². The molecular weight excluding hydrogens is 361 g/mol. The van der Waals surface area contributed by atoms with Crippen LogP contribution >= 0.6 is 23.2 Å². The van der Waals surface area contributed by atoms with Gasteiger partial charge in [0.05, 0.1) is 0 Å². The minimum absolute atomic E-state index is 0.195. The minimum Gasteiger partial charge on any atom is -0.351 e. The fourth-order valence-corrected chi connectivity index (χ4v) is 2.62. The van der Waals surface area contributed by atoms with Crippen LogP contribution in [-0.2, 0) is 0 Å². The molecule has 0 aliphatic carbocycles. The molecule has 2 N–H and O–H groups in total. The van der Waals surface area contributed by atoms with E-state index >= 15 is 0 Å². The van der Waals surface area contributed by atoms with Gasteiger partial charge >= 0.3 is 0 Å². The number of carbonyl (C=O) groups is 2. The fraction of sp³-hybridized carbons (Fsp3) is 0.278. The van der Waals surface area contributed by atoms with E-state index in [9.17, 15) is 9.59 Å². The molecule has 0 aliphatic rings. The van der Waals surface area contributed by atoms with Crippen molar-refractivity contribution in [2.24, 2.45) is 5.92 Å². The van der Waals surface area contributed by atoms with Crippen LogP contribution in [-0.4, -0.2) is 23.3 Å². The van der Waals surface area contributed by atoms with E-state index in [4.69, 9.17) is 23.2 Å². The zero-order valence-corrected chi connectivity index (χ0v) is 15.5. The second-order valence-corrected chi connectivity index (χ2v) is 6.85. The van der Waals surface area contributed by atoms with E-state index in [1.165, 1.54) is 18.3 Å². The van der Waals surface area contributed by atoms with Gasteiger partial charge in [-0.2, -0.15) is 0 Å². The molecule has 25 heavy (non-hydrogen) atoms. The van der Waals surface area contributed by atoms with Gasteiger partial charge in [-0.25, -0.2) is 0 Å². The van der Waals surface area contributed by atoms with Crippen molar-refractivity contribution in [3.8, 4) is 0 Å². The number of hydrogen-bond donors (Lipinski definition) is 2. The van der Waals surface area contributed by atoms with E-state index in [1.54, 1.807) is 18.2 Å². The first-order valence-electron chi connectivity index (χ1n) is 7.87. The average Bonchev–Trinajstić information content (AvgIpc) is 2.53. The van der Waals surface area contributed by atoms with Gasteiger partial charge < -0.3 is 10.6 Å². The van der Waals surface area contributed by atoms with E-state index in [2.05, 4.69) is 29.5 Å². The lowest BCUT2D eigenvalue weighted by molar-refractivity contribution is 0.0947. The van der Waals surface area contributed by atoms with Crippen LogP contribution in [0.5, 0.6) is 0 Å². The van der Waals surface area contributed by atoms with Gasteiger partial charge in [-0.1, -0.05) is 37.0 Å². The lowest BCUT2D eigenvalue weighted by Gasteiger charge is -2.09. The average molecular weight is 380 g/mol. The highest BCUT2D eigenvalue weighted by Gasteiger charge is 2.12. The van der Waals surface area contributed by atoms with Gasteiger partial charge in [0, 0.05) is 34.0 Å². The second-order valence-electron chi connectivity index (χ2n) is 5.98. The highest BCUT2D eigenvalue weighted by Crippen LogP contribution is 2.22. The fourth-order valence-electron chi connectivity index (χ4n) is 2.09. The van der Waals surface area contributed by atoms with Gasteiger partial charge in [-0.05, 0) is 42.7 Å². The highest BCUT2D eigenvalue weighted by atomic mass is 35.5. The first-order valence-corrected chi connectivity index (χ1v) is 8.62. The van der Waals surface area contributed by atoms with Crippen molar-refractivity contribution in [2.45, 2.75) is 20.3 Å². The summed E-state index contributed by atoms with van der Waals surface area (Å²) in [4.78, 5) is 28.5. The second kappa shape index (κ2) is 8.83. The summed E-state index contributed by atoms with van der Waals surface area (Å²) in [5, 5.41) is 6.33. The zero-order chi connectivity index (χ0) is 18.4. The Balaban J connectivity index is 2.06. The molecule has 0 bridgehead atoms. The van der Waals surface area contributed by atoms with Crippen molar-refractivity contribution in [1.29, 1.82) is 0 Å². The van der Waals surface area contributed by atoms with Crippen molar-refractivity contribution >= 4 is 40.7 Å². The van der Waals surface area contributed by atoms with Gasteiger partial charge in [0.25, 0.3) is 11.8 Å². The summed E-state index contributed by atoms with van der Waals surface area (Å²) in [5.41, 5.74) is 0.989. The molecule has 0 atom stereocenters. The van der Waals surface area contributed by atoms with Crippen LogP contribution in [0.3, 0.4) is 0 Å². The van der Waals surface area contributed by atoms with Crippen LogP contribution < -0.4 is 10.6 Å². The first kappa shape index (κ1) is 19.2. The van der Waals surface area contributed by atoms with Crippen molar-refractivity contribution in [3.05, 3.63) is 57.8 Å². The molecule has 1 aromatic heterocycles. The molecule has 1 aromatic carbocycles. The number of pyridine rings is 1. The highest BCUT2D eigenvalue weighted by molar-refractivity contribution is 6.35. The van der Waals surface area contributed by atoms with Gasteiger partial charge in [-0.3, -0.25) is 14.6 Å². The number of benzene rings is 1. The smallest absolute Gasteiger partial charge is 0.269 e. The molecule has 2 rings (SSSR count). The molecule has 0 saturated carbocycles. The van der Waals surface area contributed by atoms with Crippen LogP contribution in [0.15, 0.2) is 36.5 Å². The summed E-state index contributed by atoms with van der Waals surface area (Å²) in [6.45, 7) is 4.73. The van der Waals surface area contributed by atoms with Crippen LogP contribution in [0.2, 0.25) is 10.0 Å². The lowest BCUT2D eigenvalue weighted by Crippen LogP contribution is -2.26. The van der Waals surface area contributed by atoms with Crippen molar-refractivity contribution in [1.82, 2.24) is 10.3 Å². The predicted octanol–water partition coefficient (Wildman–Crippen LogP) is 4.42. The van der Waals surface area contributed by atoms with Gasteiger partial charge in [0.2, 0.25) is 0 Å². The molecule has 0 radical (unpaired) electrons. The van der Waals surface area contributed by atoms with E-state index in [0.717, 1.165) is 6.42 Å². The number of anilines is 1. The largest absolute Gasteiger partial charge is 0.351 e. The Hall–Kier alpha value is -2.11. The molecule has 5 nitrogen and oxygen atoms in total. The molecule has 0 aliphatic heterocycles. The number of aromatic nitrogens is 1. The monoisotopic (exact) mass is 379 g/mol.